The summed E-state index contributed by atoms with van der Waals surface area (Å²) in [5.74, 6) is 0.00978. The van der Waals surface area contributed by atoms with E-state index in [0.29, 0.717) is 0 Å². The third-order valence-electron chi connectivity index (χ3n) is 3.80. The molecule has 1 atom stereocenters. The van der Waals surface area contributed by atoms with Crippen LogP contribution in [0.2, 0.25) is 0 Å². The van der Waals surface area contributed by atoms with Gasteiger partial charge in [0.05, 0.1) is 11.3 Å². The van der Waals surface area contributed by atoms with Gasteiger partial charge in [0.2, 0.25) is 5.91 Å². The summed E-state index contributed by atoms with van der Waals surface area (Å²) < 4.78 is 0.927. The Hall–Kier alpha value is -2.11. The first-order valence-corrected chi connectivity index (χ1v) is 9.88. The van der Waals surface area contributed by atoms with E-state index < -0.39 is 0 Å². The maximum Gasteiger partial charge on any atom is 0.234 e. The van der Waals surface area contributed by atoms with E-state index in [1.54, 1.807) is 11.3 Å². The largest absolute Gasteiger partial charge is 0.344 e. The average molecular weight is 369 g/mol. The minimum Gasteiger partial charge on any atom is -0.344 e. The van der Waals surface area contributed by atoms with Gasteiger partial charge in [0, 0.05) is 11.1 Å². The van der Waals surface area contributed by atoms with Gasteiger partial charge in [-0.25, -0.2) is 4.98 Å². The fraction of sp³-hybridized carbons (Fsp3) is 0.200. The molecule has 5 heteroatoms. The van der Waals surface area contributed by atoms with Crippen LogP contribution >= 0.6 is 23.1 Å². The van der Waals surface area contributed by atoms with Crippen LogP contribution in [0.3, 0.4) is 0 Å². The molecule has 25 heavy (non-hydrogen) atoms. The Bertz CT molecular complexity index is 778. The molecule has 0 aliphatic rings. The molecule has 1 amide bonds. The van der Waals surface area contributed by atoms with Gasteiger partial charge >= 0.3 is 0 Å². The van der Waals surface area contributed by atoms with E-state index in [-0.39, 0.29) is 17.2 Å². The van der Waals surface area contributed by atoms with Crippen LogP contribution in [0.25, 0.3) is 0 Å². The number of thiazole rings is 1. The Balaban J connectivity index is 1.76. The zero-order valence-electron chi connectivity index (χ0n) is 14.2. The van der Waals surface area contributed by atoms with Crippen LogP contribution in [0.1, 0.15) is 29.8 Å². The standard InChI is InChI=1S/C20H20N2OS2/c1-14-13-24-20(21-14)25-15(2)19(23)22-18(16-9-5-3-6-10-16)17-11-7-4-8-12-17/h3-13,15,18H,1-2H3,(H,22,23). The predicted octanol–water partition coefficient (Wildman–Crippen LogP) is 4.84. The summed E-state index contributed by atoms with van der Waals surface area (Å²) in [6, 6.07) is 20.0. The van der Waals surface area contributed by atoms with E-state index in [1.165, 1.54) is 11.8 Å². The number of nitrogens with one attached hydrogen (secondary N) is 1. The highest BCUT2D eigenvalue weighted by atomic mass is 32.2. The third-order valence-corrected chi connectivity index (χ3v) is 5.99. The van der Waals surface area contributed by atoms with Crippen molar-refractivity contribution >= 4 is 29.0 Å². The van der Waals surface area contributed by atoms with Gasteiger partial charge in [-0.1, -0.05) is 72.4 Å². The van der Waals surface area contributed by atoms with E-state index in [0.717, 1.165) is 21.2 Å². The van der Waals surface area contributed by atoms with Crippen molar-refractivity contribution in [2.75, 3.05) is 0 Å². The van der Waals surface area contributed by atoms with Gasteiger partial charge in [-0.05, 0) is 25.0 Å². The summed E-state index contributed by atoms with van der Waals surface area (Å²) in [5.41, 5.74) is 3.14. The summed E-state index contributed by atoms with van der Waals surface area (Å²) in [4.78, 5) is 17.2. The van der Waals surface area contributed by atoms with E-state index >= 15 is 0 Å². The quantitative estimate of drug-likeness (QED) is 0.633. The zero-order chi connectivity index (χ0) is 17.6. The molecule has 0 bridgehead atoms. The highest BCUT2D eigenvalue weighted by molar-refractivity contribution is 8.02. The number of hydrogen-bond acceptors (Lipinski definition) is 4. The van der Waals surface area contributed by atoms with E-state index in [4.69, 9.17) is 0 Å². The molecule has 2 aromatic carbocycles. The number of amides is 1. The normalized spacial score (nSPS) is 12.1. The maximum absolute atomic E-state index is 12.8. The molecule has 3 nitrogen and oxygen atoms in total. The average Bonchev–Trinajstić information content (AvgIpc) is 3.05. The van der Waals surface area contributed by atoms with Crippen LogP contribution < -0.4 is 5.32 Å². The third kappa shape index (κ3) is 4.71. The second kappa shape index (κ2) is 8.32. The molecule has 1 N–H and O–H groups in total. The Morgan fingerprint density at radius 2 is 1.60 bits per heavy atom. The van der Waals surface area contributed by atoms with Gasteiger partial charge in [0.1, 0.15) is 0 Å². The first-order valence-electron chi connectivity index (χ1n) is 8.12. The minimum atomic E-state index is -0.208. The Kier molecular flexibility index (Phi) is 5.89. The SMILES string of the molecule is Cc1csc(SC(C)C(=O)NC(c2ccccc2)c2ccccc2)n1. The lowest BCUT2D eigenvalue weighted by molar-refractivity contribution is -0.120. The number of thioether (sulfide) groups is 1. The summed E-state index contributed by atoms with van der Waals surface area (Å²) in [6.45, 7) is 3.88. The molecule has 0 saturated heterocycles. The van der Waals surface area contributed by atoms with Crippen molar-refractivity contribution < 1.29 is 4.79 Å². The molecule has 3 aromatic rings. The van der Waals surface area contributed by atoms with Crippen molar-refractivity contribution in [3.8, 4) is 0 Å². The number of aromatic nitrogens is 1. The number of nitrogens with zero attached hydrogens (tertiary/aromatic N) is 1. The molecule has 0 saturated carbocycles. The molecule has 0 fully saturated rings. The van der Waals surface area contributed by atoms with Crippen LogP contribution in [0.4, 0.5) is 0 Å². The molecule has 1 unspecified atom stereocenters. The molecule has 0 spiro atoms. The van der Waals surface area contributed by atoms with Crippen molar-refractivity contribution in [3.63, 3.8) is 0 Å². The van der Waals surface area contributed by atoms with Crippen molar-refractivity contribution in [2.45, 2.75) is 29.5 Å². The molecule has 1 aromatic heterocycles. The van der Waals surface area contributed by atoms with Crippen LogP contribution in [0, 0.1) is 6.92 Å². The van der Waals surface area contributed by atoms with Crippen molar-refractivity contribution in [1.29, 1.82) is 0 Å². The first-order chi connectivity index (χ1) is 12.1. The predicted molar refractivity (Wildman–Crippen MR) is 105 cm³/mol. The number of rotatable bonds is 6. The molecule has 3 rings (SSSR count). The number of carbonyl (C=O) groups is 1. The second-order valence-electron chi connectivity index (χ2n) is 5.78. The maximum atomic E-state index is 12.8. The fourth-order valence-corrected chi connectivity index (χ4v) is 4.50. The highest BCUT2D eigenvalue weighted by Gasteiger charge is 2.21. The summed E-state index contributed by atoms with van der Waals surface area (Å²) in [7, 11) is 0. The fourth-order valence-electron chi connectivity index (χ4n) is 2.50. The first kappa shape index (κ1) is 17.7. The summed E-state index contributed by atoms with van der Waals surface area (Å²) in [6.07, 6.45) is 0. The molecule has 1 heterocycles. The van der Waals surface area contributed by atoms with Gasteiger partial charge in [0.25, 0.3) is 0 Å². The van der Waals surface area contributed by atoms with Crippen LogP contribution in [0.5, 0.6) is 0 Å². The Morgan fingerprint density at radius 1 is 1.04 bits per heavy atom. The Labute approximate surface area is 156 Å². The number of aryl methyl sites for hydroxylation is 1. The van der Waals surface area contributed by atoms with Crippen molar-refractivity contribution in [3.05, 3.63) is 82.9 Å². The number of hydrogen-bond donors (Lipinski definition) is 1. The molecular weight excluding hydrogens is 348 g/mol. The molecule has 128 valence electrons. The van der Waals surface area contributed by atoms with E-state index in [9.17, 15) is 4.79 Å². The van der Waals surface area contributed by atoms with Gasteiger partial charge in [0.15, 0.2) is 4.34 Å². The van der Waals surface area contributed by atoms with Crippen molar-refractivity contribution in [1.82, 2.24) is 10.3 Å². The zero-order valence-corrected chi connectivity index (χ0v) is 15.8. The molecular formula is C20H20N2OS2. The van der Waals surface area contributed by atoms with Crippen molar-refractivity contribution in [2.24, 2.45) is 0 Å². The Morgan fingerprint density at radius 3 is 2.08 bits per heavy atom. The second-order valence-corrected chi connectivity index (χ2v) is 8.22. The van der Waals surface area contributed by atoms with E-state index in [1.807, 2.05) is 79.9 Å². The van der Waals surface area contributed by atoms with Gasteiger partial charge in [-0.15, -0.1) is 11.3 Å². The van der Waals surface area contributed by atoms with Gasteiger partial charge in [-0.2, -0.15) is 0 Å². The lowest BCUT2D eigenvalue weighted by Gasteiger charge is -2.21. The van der Waals surface area contributed by atoms with Crippen LogP contribution in [-0.4, -0.2) is 16.1 Å². The minimum absolute atomic E-state index is 0.00978. The lowest BCUT2D eigenvalue weighted by atomic mass is 9.98. The topological polar surface area (TPSA) is 42.0 Å². The number of benzene rings is 2. The van der Waals surface area contributed by atoms with Crippen LogP contribution in [0.15, 0.2) is 70.4 Å². The molecule has 0 aliphatic carbocycles. The monoisotopic (exact) mass is 368 g/mol. The smallest absolute Gasteiger partial charge is 0.234 e. The summed E-state index contributed by atoms with van der Waals surface area (Å²) in [5, 5.41) is 4.99. The lowest BCUT2D eigenvalue weighted by Crippen LogP contribution is -2.34. The summed E-state index contributed by atoms with van der Waals surface area (Å²) >= 11 is 3.08. The number of carbonyl (C=O) groups excluding carboxylic acids is 1. The molecule has 0 radical (unpaired) electrons. The van der Waals surface area contributed by atoms with Gasteiger partial charge < -0.3 is 5.32 Å². The highest BCUT2D eigenvalue weighted by Crippen LogP contribution is 2.28. The van der Waals surface area contributed by atoms with Gasteiger partial charge in [-0.3, -0.25) is 4.79 Å². The van der Waals surface area contributed by atoms with Crippen LogP contribution in [-0.2, 0) is 4.79 Å². The molecule has 0 aliphatic heterocycles. The van der Waals surface area contributed by atoms with E-state index in [2.05, 4.69) is 10.3 Å².